The molecule has 136 valence electrons. The van der Waals surface area contributed by atoms with E-state index in [0.717, 1.165) is 0 Å². The van der Waals surface area contributed by atoms with Crippen molar-refractivity contribution in [3.63, 3.8) is 0 Å². The number of carboxylic acids is 1. The van der Waals surface area contributed by atoms with Crippen molar-refractivity contribution in [3.8, 4) is 17.2 Å². The normalized spacial score (nSPS) is 10.3. The van der Waals surface area contributed by atoms with E-state index in [0.29, 0.717) is 22.8 Å². The van der Waals surface area contributed by atoms with E-state index in [4.69, 9.17) is 19.3 Å². The van der Waals surface area contributed by atoms with Gasteiger partial charge in [-0.15, -0.1) is 0 Å². The van der Waals surface area contributed by atoms with Crippen molar-refractivity contribution >= 4 is 18.1 Å². The van der Waals surface area contributed by atoms with Crippen molar-refractivity contribution in [2.24, 2.45) is 5.10 Å². The number of ether oxygens (including phenoxy) is 3. The van der Waals surface area contributed by atoms with Crippen LogP contribution in [0.25, 0.3) is 0 Å². The molecule has 0 saturated heterocycles. The Morgan fingerprint density at radius 3 is 2.38 bits per heavy atom. The van der Waals surface area contributed by atoms with Crippen LogP contribution in [0.5, 0.6) is 17.2 Å². The maximum atomic E-state index is 11.7. The van der Waals surface area contributed by atoms with Crippen LogP contribution >= 0.6 is 0 Å². The second-order valence-corrected chi connectivity index (χ2v) is 4.98. The minimum Gasteiger partial charge on any atom is -0.493 e. The second-order valence-electron chi connectivity index (χ2n) is 4.98. The predicted molar refractivity (Wildman–Crippen MR) is 93.8 cm³/mol. The Morgan fingerprint density at radius 1 is 1.04 bits per heavy atom. The maximum Gasteiger partial charge on any atom is 0.341 e. The summed E-state index contributed by atoms with van der Waals surface area (Å²) >= 11 is 0. The molecule has 0 fully saturated rings. The fourth-order valence-electron chi connectivity index (χ4n) is 1.89. The smallest absolute Gasteiger partial charge is 0.341 e. The van der Waals surface area contributed by atoms with Crippen LogP contribution in [0.15, 0.2) is 53.6 Å². The number of methoxy groups -OCH3 is 1. The Morgan fingerprint density at radius 2 is 1.73 bits per heavy atom. The van der Waals surface area contributed by atoms with E-state index in [-0.39, 0.29) is 6.61 Å². The van der Waals surface area contributed by atoms with Gasteiger partial charge in [0.1, 0.15) is 5.75 Å². The number of hydrazone groups is 1. The molecule has 0 unspecified atom stereocenters. The summed E-state index contributed by atoms with van der Waals surface area (Å²) in [5, 5.41) is 12.4. The zero-order chi connectivity index (χ0) is 18.8. The average molecular weight is 358 g/mol. The summed E-state index contributed by atoms with van der Waals surface area (Å²) in [5.41, 5.74) is 3.06. The molecular weight excluding hydrogens is 340 g/mol. The molecule has 2 aromatic rings. The summed E-state index contributed by atoms with van der Waals surface area (Å²) in [6.07, 6.45) is 1.45. The molecule has 8 nitrogen and oxygen atoms in total. The molecular formula is C18H18N2O6. The second kappa shape index (κ2) is 9.67. The minimum absolute atomic E-state index is 0.209. The molecule has 26 heavy (non-hydrogen) atoms. The van der Waals surface area contributed by atoms with E-state index in [1.165, 1.54) is 13.3 Å². The number of carbonyl (C=O) groups excluding carboxylic acids is 1. The number of aliphatic carboxylic acids is 1. The number of hydrogen-bond donors (Lipinski definition) is 2. The van der Waals surface area contributed by atoms with Gasteiger partial charge in [0.15, 0.2) is 24.7 Å². The summed E-state index contributed by atoms with van der Waals surface area (Å²) in [5.74, 6) is -0.0406. The Bertz CT molecular complexity index is 774. The number of carbonyl (C=O) groups is 2. The summed E-state index contributed by atoms with van der Waals surface area (Å²) < 4.78 is 15.5. The van der Waals surface area contributed by atoms with E-state index >= 15 is 0 Å². The van der Waals surface area contributed by atoms with Gasteiger partial charge in [-0.1, -0.05) is 12.1 Å². The van der Waals surface area contributed by atoms with Crippen LogP contribution in [0.3, 0.4) is 0 Å². The third-order valence-corrected chi connectivity index (χ3v) is 3.07. The van der Waals surface area contributed by atoms with Crippen molar-refractivity contribution in [2.45, 2.75) is 0 Å². The first kappa shape index (κ1) is 18.8. The molecule has 2 N–H and O–H groups in total. The van der Waals surface area contributed by atoms with Crippen molar-refractivity contribution in [1.82, 2.24) is 5.43 Å². The van der Waals surface area contributed by atoms with Gasteiger partial charge in [-0.2, -0.15) is 5.10 Å². The molecule has 0 aliphatic heterocycles. The number of carboxylic acid groups (broad SMARTS) is 1. The minimum atomic E-state index is -1.05. The van der Waals surface area contributed by atoms with Crippen LogP contribution < -0.4 is 19.6 Å². The van der Waals surface area contributed by atoms with Crippen LogP contribution in [0.4, 0.5) is 0 Å². The lowest BCUT2D eigenvalue weighted by molar-refractivity contribution is -0.139. The van der Waals surface area contributed by atoms with Crippen molar-refractivity contribution in [1.29, 1.82) is 0 Å². The van der Waals surface area contributed by atoms with Crippen molar-refractivity contribution < 1.29 is 28.9 Å². The third kappa shape index (κ3) is 6.16. The van der Waals surface area contributed by atoms with E-state index in [1.807, 2.05) is 0 Å². The van der Waals surface area contributed by atoms with Crippen LogP contribution in [-0.4, -0.2) is 43.5 Å². The molecule has 0 aliphatic carbocycles. The van der Waals surface area contributed by atoms with E-state index in [9.17, 15) is 9.59 Å². The number of benzene rings is 2. The summed E-state index contributed by atoms with van der Waals surface area (Å²) in [4.78, 5) is 22.2. The molecule has 0 saturated carbocycles. The zero-order valence-corrected chi connectivity index (χ0v) is 14.0. The first-order chi connectivity index (χ1) is 12.6. The summed E-state index contributed by atoms with van der Waals surface area (Å²) in [6, 6.07) is 13.6. The van der Waals surface area contributed by atoms with Crippen LogP contribution in [0.1, 0.15) is 5.56 Å². The van der Waals surface area contributed by atoms with Crippen LogP contribution in [0.2, 0.25) is 0 Å². The lowest BCUT2D eigenvalue weighted by atomic mass is 10.2. The molecule has 8 heteroatoms. The van der Waals surface area contributed by atoms with Gasteiger partial charge in [0.25, 0.3) is 5.91 Å². The number of nitrogens with one attached hydrogen (secondary N) is 1. The molecule has 2 aromatic carbocycles. The van der Waals surface area contributed by atoms with Gasteiger partial charge >= 0.3 is 5.97 Å². The van der Waals surface area contributed by atoms with Gasteiger partial charge in [-0.05, 0) is 42.0 Å². The van der Waals surface area contributed by atoms with Crippen molar-refractivity contribution in [3.05, 3.63) is 54.1 Å². The molecule has 0 heterocycles. The lowest BCUT2D eigenvalue weighted by Crippen LogP contribution is -2.24. The highest BCUT2D eigenvalue weighted by Crippen LogP contribution is 2.25. The predicted octanol–water partition coefficient (Wildman–Crippen LogP) is 1.69. The number of nitrogens with zero attached hydrogens (tertiary/aromatic N) is 1. The molecule has 0 atom stereocenters. The summed E-state index contributed by atoms with van der Waals surface area (Å²) in [6.45, 7) is -0.616. The Kier molecular flexibility index (Phi) is 6.99. The number of rotatable bonds is 9. The fourth-order valence-corrected chi connectivity index (χ4v) is 1.89. The quantitative estimate of drug-likeness (QED) is 0.522. The number of para-hydroxylation sites is 2. The van der Waals surface area contributed by atoms with Gasteiger partial charge in [0, 0.05) is 0 Å². The van der Waals surface area contributed by atoms with Crippen LogP contribution in [-0.2, 0) is 9.59 Å². The van der Waals surface area contributed by atoms with Gasteiger partial charge in [0.05, 0.1) is 13.3 Å². The Balaban J connectivity index is 1.78. The topological polar surface area (TPSA) is 106 Å². The molecule has 0 spiro atoms. The Labute approximate surface area is 150 Å². The molecule has 0 aliphatic rings. The largest absolute Gasteiger partial charge is 0.493 e. The fraction of sp³-hybridized carbons (Fsp3) is 0.167. The molecule has 0 radical (unpaired) electrons. The first-order valence-electron chi connectivity index (χ1n) is 7.61. The standard InChI is InChI=1S/C18H18N2O6/c1-24-15-4-2-3-5-16(15)26-11-17(21)20-19-10-13-6-8-14(9-7-13)25-12-18(22)23/h2-10H,11-12H2,1H3,(H,20,21)(H,22,23)/b19-10+. The maximum absolute atomic E-state index is 11.7. The molecule has 0 aromatic heterocycles. The zero-order valence-electron chi connectivity index (χ0n) is 14.0. The lowest BCUT2D eigenvalue weighted by Gasteiger charge is -2.09. The van der Waals surface area contributed by atoms with E-state index in [2.05, 4.69) is 10.5 Å². The SMILES string of the molecule is COc1ccccc1OCC(=O)N/N=C/c1ccc(OCC(=O)O)cc1. The van der Waals surface area contributed by atoms with Gasteiger partial charge in [0.2, 0.25) is 0 Å². The molecule has 2 rings (SSSR count). The summed E-state index contributed by atoms with van der Waals surface area (Å²) in [7, 11) is 1.52. The van der Waals surface area contributed by atoms with E-state index < -0.39 is 18.5 Å². The molecule has 0 bridgehead atoms. The van der Waals surface area contributed by atoms with Gasteiger partial charge in [-0.3, -0.25) is 4.79 Å². The first-order valence-corrected chi connectivity index (χ1v) is 7.61. The van der Waals surface area contributed by atoms with Crippen LogP contribution in [0, 0.1) is 0 Å². The highest BCUT2D eigenvalue weighted by molar-refractivity contribution is 5.83. The van der Waals surface area contributed by atoms with Gasteiger partial charge in [-0.25, -0.2) is 10.2 Å². The number of hydrogen-bond acceptors (Lipinski definition) is 6. The van der Waals surface area contributed by atoms with E-state index in [1.54, 1.807) is 48.5 Å². The average Bonchev–Trinajstić information content (AvgIpc) is 2.66. The monoisotopic (exact) mass is 358 g/mol. The van der Waals surface area contributed by atoms with Gasteiger partial charge < -0.3 is 19.3 Å². The third-order valence-electron chi connectivity index (χ3n) is 3.07. The Hall–Kier alpha value is -3.55. The van der Waals surface area contributed by atoms with Crippen molar-refractivity contribution in [2.75, 3.05) is 20.3 Å². The number of amides is 1. The highest BCUT2D eigenvalue weighted by atomic mass is 16.5. The highest BCUT2D eigenvalue weighted by Gasteiger charge is 2.06. The molecule has 1 amide bonds.